The number of ketones is 1. The van der Waals surface area contributed by atoms with Gasteiger partial charge in [0.25, 0.3) is 0 Å². The third-order valence-corrected chi connectivity index (χ3v) is 7.06. The van der Waals surface area contributed by atoms with Gasteiger partial charge in [0.2, 0.25) is 0 Å². The first-order valence-electron chi connectivity index (χ1n) is 10.5. The van der Waals surface area contributed by atoms with Crippen LogP contribution >= 0.6 is 0 Å². The van der Waals surface area contributed by atoms with Crippen LogP contribution in [0.5, 0.6) is 23.0 Å². The molecule has 2 heterocycles. The van der Waals surface area contributed by atoms with Crippen molar-refractivity contribution < 1.29 is 24.5 Å². The highest BCUT2D eigenvalue weighted by molar-refractivity contribution is 6.17. The third-order valence-electron chi connectivity index (χ3n) is 7.06. The summed E-state index contributed by atoms with van der Waals surface area (Å²) in [7, 11) is 0. The van der Waals surface area contributed by atoms with E-state index in [2.05, 4.69) is 0 Å². The van der Waals surface area contributed by atoms with Gasteiger partial charge in [-0.15, -0.1) is 0 Å². The summed E-state index contributed by atoms with van der Waals surface area (Å²) in [5, 5.41) is 20.8. The van der Waals surface area contributed by atoms with Crippen molar-refractivity contribution in [2.75, 3.05) is 0 Å². The Labute approximate surface area is 174 Å². The largest absolute Gasteiger partial charge is 0.504 e. The molecule has 2 fully saturated rings. The zero-order valence-electron chi connectivity index (χ0n) is 16.4. The van der Waals surface area contributed by atoms with E-state index in [4.69, 9.17) is 9.47 Å². The lowest BCUT2D eigenvalue weighted by Crippen LogP contribution is -2.59. The zero-order valence-corrected chi connectivity index (χ0v) is 16.4. The van der Waals surface area contributed by atoms with Gasteiger partial charge in [0.05, 0.1) is 5.41 Å². The molecule has 0 saturated heterocycles. The van der Waals surface area contributed by atoms with Crippen molar-refractivity contribution in [1.29, 1.82) is 0 Å². The second-order valence-corrected chi connectivity index (χ2v) is 8.71. The Balaban J connectivity index is 1.58. The van der Waals surface area contributed by atoms with Gasteiger partial charge in [-0.3, -0.25) is 4.79 Å². The number of hydrogen-bond donors (Lipinski definition) is 2. The molecule has 2 aliphatic heterocycles. The van der Waals surface area contributed by atoms with E-state index < -0.39 is 17.6 Å². The van der Waals surface area contributed by atoms with E-state index in [0.29, 0.717) is 22.6 Å². The van der Waals surface area contributed by atoms with Crippen LogP contribution < -0.4 is 9.47 Å². The molecule has 4 aliphatic rings. The molecule has 5 heteroatoms. The number of fused-ring (bicyclic) bond motifs is 6. The first kappa shape index (κ1) is 17.6. The molecule has 30 heavy (non-hydrogen) atoms. The standard InChI is InChI=1S/C25H22O5/c26-18-8-4-6-14-12-16-20(28)17-13-15-7-5-9-19(27)22(15)30-24(17)25(10-2-1-3-11-25)23(16)29-21(14)18/h4-9,12-13,23-24,26-27H,1-3,10-11H2/t23-,24+. The van der Waals surface area contributed by atoms with Crippen LogP contribution in [-0.2, 0) is 4.79 Å². The number of aromatic hydroxyl groups is 2. The first-order valence-corrected chi connectivity index (χ1v) is 10.5. The fraction of sp³-hybridized carbons (Fsp3) is 0.320. The summed E-state index contributed by atoms with van der Waals surface area (Å²) < 4.78 is 12.8. The summed E-state index contributed by atoms with van der Waals surface area (Å²) in [6, 6.07) is 10.4. The second-order valence-electron chi connectivity index (χ2n) is 8.71. The van der Waals surface area contributed by atoms with Crippen LogP contribution in [0, 0.1) is 5.41 Å². The number of carbonyl (C=O) groups is 1. The molecule has 0 bridgehead atoms. The molecule has 0 aromatic heterocycles. The van der Waals surface area contributed by atoms with Gasteiger partial charge in [0.1, 0.15) is 12.2 Å². The molecule has 0 amide bonds. The van der Waals surface area contributed by atoms with E-state index in [9.17, 15) is 15.0 Å². The number of phenols is 2. The summed E-state index contributed by atoms with van der Waals surface area (Å²) in [5.74, 6) is 0.931. The number of carbonyl (C=O) groups excluding carboxylic acids is 1. The highest BCUT2D eigenvalue weighted by atomic mass is 16.5. The third kappa shape index (κ3) is 2.26. The number of para-hydroxylation sites is 2. The summed E-state index contributed by atoms with van der Waals surface area (Å²) in [5.41, 5.74) is 2.27. The molecule has 0 unspecified atom stereocenters. The van der Waals surface area contributed by atoms with Gasteiger partial charge in [-0.1, -0.05) is 43.5 Å². The van der Waals surface area contributed by atoms with Crippen LogP contribution in [0.3, 0.4) is 0 Å². The van der Waals surface area contributed by atoms with E-state index in [1.165, 1.54) is 0 Å². The van der Waals surface area contributed by atoms with Crippen molar-refractivity contribution in [1.82, 2.24) is 0 Å². The van der Waals surface area contributed by atoms with Crippen molar-refractivity contribution in [2.45, 2.75) is 44.3 Å². The SMILES string of the molecule is O=C1C2=Cc3cccc(O)c3O[C@H]2C2(CCCCC2)[C@H]2Oc3c(O)cccc3C=C12. The van der Waals surface area contributed by atoms with Crippen molar-refractivity contribution in [3.8, 4) is 23.0 Å². The minimum absolute atomic E-state index is 0.0788. The number of benzene rings is 2. The lowest BCUT2D eigenvalue weighted by molar-refractivity contribution is -0.123. The van der Waals surface area contributed by atoms with Gasteiger partial charge in [-0.05, 0) is 37.1 Å². The summed E-state index contributed by atoms with van der Waals surface area (Å²) in [6.45, 7) is 0. The van der Waals surface area contributed by atoms with E-state index in [-0.39, 0.29) is 17.3 Å². The van der Waals surface area contributed by atoms with E-state index in [1.807, 2.05) is 24.3 Å². The zero-order chi connectivity index (χ0) is 20.5. The maximum Gasteiger partial charge on any atom is 0.192 e. The van der Waals surface area contributed by atoms with E-state index in [1.54, 1.807) is 24.3 Å². The Morgan fingerprint density at radius 3 is 1.77 bits per heavy atom. The van der Waals surface area contributed by atoms with Gasteiger partial charge < -0.3 is 19.7 Å². The molecule has 2 aliphatic carbocycles. The minimum atomic E-state index is -0.486. The molecule has 2 atom stereocenters. The molecule has 2 aromatic rings. The quantitative estimate of drug-likeness (QED) is 0.673. The average Bonchev–Trinajstić information content (AvgIpc) is 2.77. The molecule has 2 N–H and O–H groups in total. The predicted octanol–water partition coefficient (Wildman–Crippen LogP) is 4.62. The molecular weight excluding hydrogens is 380 g/mol. The highest BCUT2D eigenvalue weighted by Crippen LogP contribution is 2.57. The molecular formula is C25H22O5. The predicted molar refractivity (Wildman–Crippen MR) is 112 cm³/mol. The number of Topliss-reactive ketones (excluding diaryl/α,β-unsaturated/α-hetero) is 1. The lowest BCUT2D eigenvalue weighted by Gasteiger charge is -2.53. The molecule has 0 radical (unpaired) electrons. The number of rotatable bonds is 0. The van der Waals surface area contributed by atoms with Gasteiger partial charge >= 0.3 is 0 Å². The maximum absolute atomic E-state index is 13.6. The minimum Gasteiger partial charge on any atom is -0.504 e. The summed E-state index contributed by atoms with van der Waals surface area (Å²) >= 11 is 0. The Bertz CT molecular complexity index is 1050. The van der Waals surface area contributed by atoms with Crippen LogP contribution in [0.15, 0.2) is 47.5 Å². The molecule has 2 saturated carbocycles. The van der Waals surface area contributed by atoms with Crippen LogP contribution in [0.1, 0.15) is 43.2 Å². The van der Waals surface area contributed by atoms with Crippen molar-refractivity contribution in [3.63, 3.8) is 0 Å². The van der Waals surface area contributed by atoms with Gasteiger partial charge in [-0.2, -0.15) is 0 Å². The summed E-state index contributed by atoms with van der Waals surface area (Å²) in [4.78, 5) is 13.6. The van der Waals surface area contributed by atoms with Crippen molar-refractivity contribution in [3.05, 3.63) is 58.7 Å². The number of phenolic OH excluding ortho intramolecular Hbond substituents is 2. The Kier molecular flexibility index (Phi) is 3.61. The van der Waals surface area contributed by atoms with Crippen LogP contribution in [0.2, 0.25) is 0 Å². The Hall–Kier alpha value is -3.21. The number of hydrogen-bond acceptors (Lipinski definition) is 5. The second kappa shape index (κ2) is 6.14. The Morgan fingerprint density at radius 2 is 1.27 bits per heavy atom. The van der Waals surface area contributed by atoms with Gasteiger partial charge in [0, 0.05) is 22.3 Å². The lowest BCUT2D eigenvalue weighted by atomic mass is 9.57. The van der Waals surface area contributed by atoms with E-state index in [0.717, 1.165) is 43.2 Å². The monoisotopic (exact) mass is 402 g/mol. The Morgan fingerprint density at radius 1 is 0.767 bits per heavy atom. The van der Waals surface area contributed by atoms with Crippen molar-refractivity contribution in [2.24, 2.45) is 5.41 Å². The fourth-order valence-corrected chi connectivity index (χ4v) is 5.68. The smallest absolute Gasteiger partial charge is 0.192 e. The normalized spacial score (nSPS) is 25.5. The molecule has 152 valence electrons. The van der Waals surface area contributed by atoms with Crippen LogP contribution in [0.4, 0.5) is 0 Å². The number of ether oxygens (including phenoxy) is 2. The molecule has 2 aromatic carbocycles. The maximum atomic E-state index is 13.6. The summed E-state index contributed by atoms with van der Waals surface area (Å²) in [6.07, 6.45) is 7.67. The first-order chi connectivity index (χ1) is 14.6. The highest BCUT2D eigenvalue weighted by Gasteiger charge is 2.59. The topological polar surface area (TPSA) is 76.0 Å². The van der Waals surface area contributed by atoms with E-state index >= 15 is 0 Å². The van der Waals surface area contributed by atoms with Crippen LogP contribution in [0.25, 0.3) is 12.2 Å². The average molecular weight is 402 g/mol. The fourth-order valence-electron chi connectivity index (χ4n) is 5.68. The van der Waals surface area contributed by atoms with Crippen molar-refractivity contribution >= 4 is 17.9 Å². The van der Waals surface area contributed by atoms with Gasteiger partial charge in [0.15, 0.2) is 28.8 Å². The molecule has 1 spiro atoms. The molecule has 5 nitrogen and oxygen atoms in total. The van der Waals surface area contributed by atoms with Gasteiger partial charge in [-0.25, -0.2) is 0 Å². The molecule has 6 rings (SSSR count). The van der Waals surface area contributed by atoms with Crippen LogP contribution in [-0.4, -0.2) is 28.2 Å².